The minimum atomic E-state index is -0.159. The highest BCUT2D eigenvalue weighted by Gasteiger charge is 2.35. The summed E-state index contributed by atoms with van der Waals surface area (Å²) in [5.74, 6) is 2.04. The first kappa shape index (κ1) is 16.6. The van der Waals surface area contributed by atoms with Crippen molar-refractivity contribution in [3.8, 4) is 11.5 Å². The van der Waals surface area contributed by atoms with Crippen molar-refractivity contribution in [3.63, 3.8) is 0 Å². The van der Waals surface area contributed by atoms with Gasteiger partial charge in [-0.3, -0.25) is 0 Å². The van der Waals surface area contributed by atoms with E-state index in [4.69, 9.17) is 9.47 Å². The summed E-state index contributed by atoms with van der Waals surface area (Å²) in [6.45, 7) is 13.0. The van der Waals surface area contributed by atoms with E-state index in [0.717, 1.165) is 24.3 Å². The molecule has 2 heteroatoms. The first-order valence-electron chi connectivity index (χ1n) is 8.54. The molecule has 0 aromatic heterocycles. The van der Waals surface area contributed by atoms with E-state index in [9.17, 15) is 0 Å². The Kier molecular flexibility index (Phi) is 4.40. The minimum Gasteiger partial charge on any atom is -0.488 e. The highest BCUT2D eigenvalue weighted by atomic mass is 16.5. The molecule has 0 radical (unpaired) electrons. The van der Waals surface area contributed by atoms with Gasteiger partial charge in [-0.1, -0.05) is 36.4 Å². The van der Waals surface area contributed by atoms with Crippen LogP contribution in [0.4, 0.5) is 0 Å². The monoisotopic (exact) mass is 322 g/mol. The average Bonchev–Trinajstić information content (AvgIpc) is 2.88. The summed E-state index contributed by atoms with van der Waals surface area (Å²) in [6.07, 6.45) is 3.65. The second kappa shape index (κ2) is 6.35. The molecule has 0 spiro atoms. The Hall–Kier alpha value is -2.22. The van der Waals surface area contributed by atoms with E-state index in [-0.39, 0.29) is 5.60 Å². The van der Waals surface area contributed by atoms with Gasteiger partial charge in [0.1, 0.15) is 23.7 Å². The molecule has 0 saturated heterocycles. The Bertz CT molecular complexity index is 758. The largest absolute Gasteiger partial charge is 0.488 e. The lowest BCUT2D eigenvalue weighted by Crippen LogP contribution is -2.25. The van der Waals surface area contributed by atoms with Crippen LogP contribution < -0.4 is 9.47 Å². The third kappa shape index (κ3) is 3.06. The first-order chi connectivity index (χ1) is 11.4. The van der Waals surface area contributed by atoms with E-state index in [0.29, 0.717) is 6.61 Å². The summed E-state index contributed by atoms with van der Waals surface area (Å²) in [5.41, 5.74) is 5.88. The maximum Gasteiger partial charge on any atom is 0.127 e. The molecule has 0 aliphatic carbocycles. The molecule has 1 aliphatic heterocycles. The average molecular weight is 322 g/mol. The van der Waals surface area contributed by atoms with Crippen molar-refractivity contribution in [3.05, 3.63) is 70.8 Å². The summed E-state index contributed by atoms with van der Waals surface area (Å²) in [7, 11) is 0. The molecule has 1 heterocycles. The van der Waals surface area contributed by atoms with Crippen LogP contribution in [0.1, 0.15) is 41.7 Å². The van der Waals surface area contributed by atoms with Crippen LogP contribution in [0.15, 0.2) is 43.0 Å². The zero-order valence-corrected chi connectivity index (χ0v) is 15.1. The molecule has 126 valence electrons. The van der Waals surface area contributed by atoms with Gasteiger partial charge in [0.2, 0.25) is 0 Å². The van der Waals surface area contributed by atoms with Gasteiger partial charge in [-0.25, -0.2) is 0 Å². The van der Waals surface area contributed by atoms with E-state index in [1.54, 1.807) is 0 Å². The molecular weight excluding hydrogens is 296 g/mol. The summed E-state index contributed by atoms with van der Waals surface area (Å²) < 4.78 is 12.5. The summed E-state index contributed by atoms with van der Waals surface area (Å²) in [4.78, 5) is 0. The van der Waals surface area contributed by atoms with Gasteiger partial charge >= 0.3 is 0 Å². The molecule has 0 unspecified atom stereocenters. The fourth-order valence-electron chi connectivity index (χ4n) is 3.49. The Morgan fingerprint density at radius 1 is 1.17 bits per heavy atom. The zero-order chi connectivity index (χ0) is 17.3. The number of hydrogen-bond acceptors (Lipinski definition) is 2. The Morgan fingerprint density at radius 3 is 2.54 bits per heavy atom. The summed E-state index contributed by atoms with van der Waals surface area (Å²) in [5, 5.41) is 0. The SMILES string of the molecule is C=CCc1c(C)c(OCc2ccccc2)c(C)c2c1OC(C)(C)C2. The van der Waals surface area contributed by atoms with Gasteiger partial charge in [0.15, 0.2) is 0 Å². The van der Waals surface area contributed by atoms with E-state index in [1.807, 2.05) is 24.3 Å². The molecule has 0 amide bonds. The molecule has 0 saturated carbocycles. The lowest BCUT2D eigenvalue weighted by Gasteiger charge is -2.20. The van der Waals surface area contributed by atoms with Crippen molar-refractivity contribution < 1.29 is 9.47 Å². The van der Waals surface area contributed by atoms with Crippen LogP contribution in [0.25, 0.3) is 0 Å². The zero-order valence-electron chi connectivity index (χ0n) is 15.1. The molecule has 2 aromatic rings. The van der Waals surface area contributed by atoms with Gasteiger partial charge in [0.05, 0.1) is 0 Å². The van der Waals surface area contributed by atoms with Gasteiger partial charge in [0.25, 0.3) is 0 Å². The number of fused-ring (bicyclic) bond motifs is 1. The highest BCUT2D eigenvalue weighted by molar-refractivity contribution is 5.61. The summed E-state index contributed by atoms with van der Waals surface area (Å²) in [6, 6.07) is 10.3. The normalized spacial score (nSPS) is 14.8. The number of rotatable bonds is 5. The van der Waals surface area contributed by atoms with Crippen molar-refractivity contribution in [1.82, 2.24) is 0 Å². The van der Waals surface area contributed by atoms with Crippen LogP contribution in [0, 0.1) is 13.8 Å². The van der Waals surface area contributed by atoms with E-state index in [2.05, 4.69) is 46.4 Å². The van der Waals surface area contributed by atoms with E-state index >= 15 is 0 Å². The summed E-state index contributed by atoms with van der Waals surface area (Å²) >= 11 is 0. The molecule has 2 nitrogen and oxygen atoms in total. The molecular formula is C22H26O2. The molecule has 0 bridgehead atoms. The first-order valence-corrected chi connectivity index (χ1v) is 8.54. The standard InChI is InChI=1S/C22H26O2/c1-6-10-18-15(2)20(23-14-17-11-8-7-9-12-17)16(3)19-13-22(4,5)24-21(18)19/h6-9,11-12H,1,10,13-14H2,2-5H3. The van der Waals surface area contributed by atoms with Crippen molar-refractivity contribution in [2.24, 2.45) is 0 Å². The fraction of sp³-hybridized carbons (Fsp3) is 0.364. The van der Waals surface area contributed by atoms with Gasteiger partial charge in [-0.2, -0.15) is 0 Å². The predicted octanol–water partition coefficient (Wildman–Crippen LogP) is 5.32. The van der Waals surface area contributed by atoms with Crippen molar-refractivity contribution in [1.29, 1.82) is 0 Å². The molecule has 0 N–H and O–H groups in total. The topological polar surface area (TPSA) is 18.5 Å². The molecule has 2 aromatic carbocycles. The second-order valence-electron chi connectivity index (χ2n) is 7.17. The van der Waals surface area contributed by atoms with Gasteiger partial charge in [0, 0.05) is 17.5 Å². The highest BCUT2D eigenvalue weighted by Crippen LogP contribution is 2.46. The van der Waals surface area contributed by atoms with Crippen molar-refractivity contribution in [2.45, 2.75) is 52.7 Å². The lowest BCUT2D eigenvalue weighted by atomic mass is 9.92. The van der Waals surface area contributed by atoms with Crippen LogP contribution >= 0.6 is 0 Å². The maximum absolute atomic E-state index is 6.25. The minimum absolute atomic E-state index is 0.159. The molecule has 24 heavy (non-hydrogen) atoms. The fourth-order valence-corrected chi connectivity index (χ4v) is 3.49. The van der Waals surface area contributed by atoms with Crippen LogP contribution in [0.5, 0.6) is 11.5 Å². The molecule has 1 aliphatic rings. The number of benzene rings is 2. The second-order valence-corrected chi connectivity index (χ2v) is 7.17. The van der Waals surface area contributed by atoms with Crippen LogP contribution in [0.3, 0.4) is 0 Å². The van der Waals surface area contributed by atoms with Crippen LogP contribution in [0.2, 0.25) is 0 Å². The third-order valence-electron chi connectivity index (χ3n) is 4.69. The maximum atomic E-state index is 6.25. The smallest absolute Gasteiger partial charge is 0.127 e. The number of hydrogen-bond donors (Lipinski definition) is 0. The van der Waals surface area contributed by atoms with Gasteiger partial charge in [-0.05, 0) is 50.8 Å². The number of ether oxygens (including phenoxy) is 2. The van der Waals surface area contributed by atoms with Crippen molar-refractivity contribution >= 4 is 0 Å². The Morgan fingerprint density at radius 2 is 1.88 bits per heavy atom. The quantitative estimate of drug-likeness (QED) is 0.693. The third-order valence-corrected chi connectivity index (χ3v) is 4.69. The van der Waals surface area contributed by atoms with Gasteiger partial charge in [-0.15, -0.1) is 6.58 Å². The molecule has 3 rings (SSSR count). The lowest BCUT2D eigenvalue weighted by molar-refractivity contribution is 0.137. The Balaban J connectivity index is 2.01. The van der Waals surface area contributed by atoms with Crippen LogP contribution in [-0.2, 0) is 19.4 Å². The van der Waals surface area contributed by atoms with E-state index < -0.39 is 0 Å². The number of allylic oxidation sites excluding steroid dienone is 1. The van der Waals surface area contributed by atoms with Crippen LogP contribution in [-0.4, -0.2) is 5.60 Å². The van der Waals surface area contributed by atoms with E-state index in [1.165, 1.54) is 27.8 Å². The van der Waals surface area contributed by atoms with Gasteiger partial charge < -0.3 is 9.47 Å². The Labute approximate surface area is 145 Å². The molecule has 0 fully saturated rings. The van der Waals surface area contributed by atoms with Crippen molar-refractivity contribution in [2.75, 3.05) is 0 Å². The predicted molar refractivity (Wildman–Crippen MR) is 99.0 cm³/mol. The molecule has 0 atom stereocenters.